The Morgan fingerprint density at radius 1 is 1.38 bits per heavy atom. The molecule has 0 radical (unpaired) electrons. The third kappa shape index (κ3) is 6.66. The van der Waals surface area contributed by atoms with Crippen LogP contribution in [0.5, 0.6) is 0 Å². The molecule has 0 atom stereocenters. The minimum atomic E-state index is -4.34. The minimum Gasteiger partial charge on any atom is -0.331 e. The molecule has 0 aromatic carbocycles. The van der Waals surface area contributed by atoms with E-state index in [4.69, 9.17) is 0 Å². The number of hydrogen-bond acceptors (Lipinski definition) is 2. The van der Waals surface area contributed by atoms with Crippen LogP contribution in [-0.2, 0) is 4.79 Å². The molecule has 0 heterocycles. The van der Waals surface area contributed by atoms with E-state index >= 15 is 0 Å². The molecule has 1 N–H and O–H groups in total. The largest absolute Gasteiger partial charge is 0.406 e. The normalized spacial score (nSPS) is 11.9. The van der Waals surface area contributed by atoms with Crippen molar-refractivity contribution in [2.75, 3.05) is 19.6 Å². The van der Waals surface area contributed by atoms with Gasteiger partial charge in [0.1, 0.15) is 6.54 Å². The summed E-state index contributed by atoms with van der Waals surface area (Å²) in [5.41, 5.74) is 0. The zero-order valence-electron chi connectivity index (χ0n) is 9.90. The van der Waals surface area contributed by atoms with Gasteiger partial charge in [-0.2, -0.15) is 13.2 Å². The summed E-state index contributed by atoms with van der Waals surface area (Å²) in [4.78, 5) is 12.4. The Hall–Kier alpha value is -0.780. The van der Waals surface area contributed by atoms with Crippen molar-refractivity contribution < 1.29 is 18.0 Å². The van der Waals surface area contributed by atoms with Gasteiger partial charge < -0.3 is 10.2 Å². The molecule has 0 aromatic heterocycles. The molecule has 0 aliphatic rings. The van der Waals surface area contributed by atoms with Crippen molar-refractivity contribution in [3.05, 3.63) is 0 Å². The molecule has 0 bridgehead atoms. The van der Waals surface area contributed by atoms with Gasteiger partial charge in [0.2, 0.25) is 5.91 Å². The molecule has 0 rings (SSSR count). The zero-order valence-corrected chi connectivity index (χ0v) is 9.90. The van der Waals surface area contributed by atoms with E-state index < -0.39 is 24.7 Å². The Labute approximate surface area is 94.0 Å². The summed E-state index contributed by atoms with van der Waals surface area (Å²) in [6.45, 7) is 4.98. The van der Waals surface area contributed by atoms with Gasteiger partial charge in [0, 0.05) is 19.0 Å². The van der Waals surface area contributed by atoms with Crippen molar-refractivity contribution in [2.24, 2.45) is 0 Å². The zero-order chi connectivity index (χ0) is 12.8. The van der Waals surface area contributed by atoms with Crippen LogP contribution in [0.3, 0.4) is 0 Å². The summed E-state index contributed by atoms with van der Waals surface area (Å²) in [5, 5.41) is 2.91. The van der Waals surface area contributed by atoms with Crippen LogP contribution in [0.1, 0.15) is 27.2 Å². The molecule has 0 aliphatic carbocycles. The molecule has 0 fully saturated rings. The molecule has 0 spiro atoms. The maximum absolute atomic E-state index is 12.2. The number of halogens is 3. The predicted octanol–water partition coefficient (Wildman–Crippen LogP) is 1.79. The number of carbonyl (C=O) groups is 1. The van der Waals surface area contributed by atoms with E-state index in [1.165, 1.54) is 0 Å². The molecule has 1 amide bonds. The van der Waals surface area contributed by atoms with Gasteiger partial charge in [-0.25, -0.2) is 0 Å². The molecule has 0 unspecified atom stereocenters. The SMILES string of the molecule is CCNCCC(=O)N(CC(F)(F)F)C(C)C. The lowest BCUT2D eigenvalue weighted by Gasteiger charge is -2.27. The van der Waals surface area contributed by atoms with Gasteiger partial charge in [-0.05, 0) is 20.4 Å². The van der Waals surface area contributed by atoms with E-state index in [1.54, 1.807) is 13.8 Å². The fourth-order valence-electron chi connectivity index (χ4n) is 1.27. The second kappa shape index (κ2) is 6.73. The highest BCUT2D eigenvalue weighted by Crippen LogP contribution is 2.18. The maximum Gasteiger partial charge on any atom is 0.406 e. The molecule has 16 heavy (non-hydrogen) atoms. The number of rotatable bonds is 6. The lowest BCUT2D eigenvalue weighted by molar-refractivity contribution is -0.164. The molecule has 96 valence electrons. The molecule has 0 saturated heterocycles. The summed E-state index contributed by atoms with van der Waals surface area (Å²) in [6.07, 6.45) is -4.24. The summed E-state index contributed by atoms with van der Waals surface area (Å²) in [5.74, 6) is -0.465. The highest BCUT2D eigenvalue weighted by Gasteiger charge is 2.33. The number of carbonyl (C=O) groups excluding carboxylic acids is 1. The summed E-state index contributed by atoms with van der Waals surface area (Å²) in [6, 6.07) is -0.434. The first-order valence-corrected chi connectivity index (χ1v) is 5.35. The summed E-state index contributed by atoms with van der Waals surface area (Å²) in [7, 11) is 0. The van der Waals surface area contributed by atoms with Gasteiger partial charge in [-0.1, -0.05) is 6.92 Å². The Morgan fingerprint density at radius 2 is 1.94 bits per heavy atom. The lowest BCUT2D eigenvalue weighted by atomic mass is 10.2. The van der Waals surface area contributed by atoms with Crippen molar-refractivity contribution in [3.8, 4) is 0 Å². The lowest BCUT2D eigenvalue weighted by Crippen LogP contribution is -2.44. The van der Waals surface area contributed by atoms with Crippen LogP contribution in [0, 0.1) is 0 Å². The van der Waals surface area contributed by atoms with Gasteiger partial charge in [0.15, 0.2) is 0 Å². The molecule has 3 nitrogen and oxygen atoms in total. The molecular weight excluding hydrogens is 221 g/mol. The summed E-state index contributed by atoms with van der Waals surface area (Å²) >= 11 is 0. The van der Waals surface area contributed by atoms with Crippen LogP contribution in [0.25, 0.3) is 0 Å². The van der Waals surface area contributed by atoms with Crippen molar-refractivity contribution in [3.63, 3.8) is 0 Å². The van der Waals surface area contributed by atoms with Gasteiger partial charge in [0.05, 0.1) is 0 Å². The number of nitrogens with zero attached hydrogens (tertiary/aromatic N) is 1. The predicted molar refractivity (Wildman–Crippen MR) is 56.1 cm³/mol. The van der Waals surface area contributed by atoms with Crippen LogP contribution >= 0.6 is 0 Å². The van der Waals surface area contributed by atoms with Crippen molar-refractivity contribution in [2.45, 2.75) is 39.4 Å². The van der Waals surface area contributed by atoms with Crippen LogP contribution < -0.4 is 5.32 Å². The quantitative estimate of drug-likeness (QED) is 0.718. The van der Waals surface area contributed by atoms with E-state index in [9.17, 15) is 18.0 Å². The molecule has 0 aromatic rings. The maximum atomic E-state index is 12.2. The number of hydrogen-bond donors (Lipinski definition) is 1. The van der Waals surface area contributed by atoms with Gasteiger partial charge in [-0.3, -0.25) is 4.79 Å². The number of nitrogens with one attached hydrogen (secondary N) is 1. The second-order valence-corrected chi connectivity index (χ2v) is 3.83. The van der Waals surface area contributed by atoms with Gasteiger partial charge in [-0.15, -0.1) is 0 Å². The standard InChI is InChI=1S/C10H19F3N2O/c1-4-14-6-5-9(16)15(8(2)3)7-10(11,12)13/h8,14H,4-7H2,1-3H3. The first-order chi connectivity index (χ1) is 7.28. The smallest absolute Gasteiger partial charge is 0.331 e. The molecule has 0 saturated carbocycles. The third-order valence-electron chi connectivity index (χ3n) is 2.06. The number of alkyl halides is 3. The van der Waals surface area contributed by atoms with Crippen LogP contribution in [0.2, 0.25) is 0 Å². The second-order valence-electron chi connectivity index (χ2n) is 3.83. The average molecular weight is 240 g/mol. The first-order valence-electron chi connectivity index (χ1n) is 5.35. The highest BCUT2D eigenvalue weighted by molar-refractivity contribution is 5.76. The van der Waals surface area contributed by atoms with Crippen LogP contribution in [0.15, 0.2) is 0 Å². The summed E-state index contributed by atoms with van der Waals surface area (Å²) < 4.78 is 36.6. The van der Waals surface area contributed by atoms with E-state index in [0.717, 1.165) is 4.90 Å². The fraction of sp³-hybridized carbons (Fsp3) is 0.900. The Bertz CT molecular complexity index is 217. The molecule has 0 aliphatic heterocycles. The van der Waals surface area contributed by atoms with Gasteiger partial charge in [0.25, 0.3) is 0 Å². The Morgan fingerprint density at radius 3 is 2.31 bits per heavy atom. The topological polar surface area (TPSA) is 32.3 Å². The fourth-order valence-corrected chi connectivity index (χ4v) is 1.27. The highest BCUT2D eigenvalue weighted by atomic mass is 19.4. The molecular formula is C10H19F3N2O. The van der Waals surface area contributed by atoms with Crippen molar-refractivity contribution in [1.82, 2.24) is 10.2 Å². The van der Waals surface area contributed by atoms with E-state index in [1.807, 2.05) is 6.92 Å². The van der Waals surface area contributed by atoms with Crippen LogP contribution in [0.4, 0.5) is 13.2 Å². The van der Waals surface area contributed by atoms with Gasteiger partial charge >= 0.3 is 6.18 Å². The van der Waals surface area contributed by atoms with Crippen LogP contribution in [-0.4, -0.2) is 42.7 Å². The molecule has 6 heteroatoms. The van der Waals surface area contributed by atoms with E-state index in [0.29, 0.717) is 13.1 Å². The van der Waals surface area contributed by atoms with E-state index in [2.05, 4.69) is 5.32 Å². The monoisotopic (exact) mass is 240 g/mol. The minimum absolute atomic E-state index is 0.0993. The van der Waals surface area contributed by atoms with E-state index in [-0.39, 0.29) is 6.42 Å². The Kier molecular flexibility index (Phi) is 6.40. The Balaban J connectivity index is 4.25. The van der Waals surface area contributed by atoms with Crippen molar-refractivity contribution >= 4 is 5.91 Å². The first kappa shape index (κ1) is 15.2. The number of amides is 1. The third-order valence-corrected chi connectivity index (χ3v) is 2.06. The average Bonchev–Trinajstić information content (AvgIpc) is 2.12. The van der Waals surface area contributed by atoms with Crippen molar-refractivity contribution in [1.29, 1.82) is 0 Å².